The third-order valence-electron chi connectivity index (χ3n) is 1.35. The number of rotatable bonds is 4. The smallest absolute Gasteiger partial charge is 0.233 e. The minimum absolute atomic E-state index is 0.507. The molecule has 0 radical (unpaired) electrons. The van der Waals surface area contributed by atoms with Gasteiger partial charge in [-0.1, -0.05) is 6.08 Å². The molecule has 0 spiro atoms. The predicted octanol–water partition coefficient (Wildman–Crippen LogP) is -0.656. The predicted molar refractivity (Wildman–Crippen MR) is 58.8 cm³/mol. The Bertz CT molecular complexity index is 319. The van der Waals surface area contributed by atoms with Gasteiger partial charge in [0.05, 0.1) is 6.26 Å². The van der Waals surface area contributed by atoms with Gasteiger partial charge in [-0.05, 0) is 24.4 Å². The molecule has 3 N–H and O–H groups in total. The molecular weight excluding hydrogens is 198 g/mol. The van der Waals surface area contributed by atoms with E-state index in [1.165, 1.54) is 0 Å². The summed E-state index contributed by atoms with van der Waals surface area (Å²) >= 11 is 4.93. The van der Waals surface area contributed by atoms with Crippen LogP contribution < -0.4 is 15.8 Å². The molecule has 1 aromatic heterocycles. The first kappa shape index (κ1) is 10.5. The molecule has 14 heavy (non-hydrogen) atoms. The van der Waals surface area contributed by atoms with E-state index in [1.807, 2.05) is 12.1 Å². The van der Waals surface area contributed by atoms with E-state index in [0.29, 0.717) is 11.7 Å². The van der Waals surface area contributed by atoms with Crippen LogP contribution in [0.25, 0.3) is 0 Å². The van der Waals surface area contributed by atoms with Gasteiger partial charge in [-0.2, -0.15) is 0 Å². The van der Waals surface area contributed by atoms with Crippen molar-refractivity contribution in [1.29, 1.82) is 0 Å². The number of hydrogen-bond acceptors (Lipinski definition) is 2. The van der Waals surface area contributed by atoms with E-state index in [1.54, 1.807) is 18.6 Å². The summed E-state index contributed by atoms with van der Waals surface area (Å²) in [6.07, 6.45) is 4.99. The van der Waals surface area contributed by atoms with Crippen LogP contribution in [0.3, 0.4) is 0 Å². The summed E-state index contributed by atoms with van der Waals surface area (Å²) in [6, 6.07) is 3.64. The summed E-state index contributed by atoms with van der Waals surface area (Å²) < 4.78 is 5.06. The number of hydrazone groups is 1. The Morgan fingerprint density at radius 2 is 2.57 bits per heavy atom. The van der Waals surface area contributed by atoms with Crippen molar-refractivity contribution in [2.45, 2.75) is 0 Å². The van der Waals surface area contributed by atoms with Gasteiger partial charge >= 0.3 is 0 Å². The second-order valence-electron chi connectivity index (χ2n) is 2.43. The highest BCUT2D eigenvalue weighted by Gasteiger charge is 1.95. The van der Waals surface area contributed by atoms with Crippen LogP contribution in [0.15, 0.2) is 35.5 Å². The Morgan fingerprint density at radius 3 is 3.21 bits per heavy atom. The lowest BCUT2D eigenvalue weighted by atomic mass is 10.5. The first-order valence-electron chi connectivity index (χ1n) is 4.10. The van der Waals surface area contributed by atoms with Gasteiger partial charge in [0.1, 0.15) is 0 Å². The van der Waals surface area contributed by atoms with Crippen molar-refractivity contribution in [1.82, 2.24) is 10.7 Å². The molecule has 0 saturated carbocycles. The summed E-state index contributed by atoms with van der Waals surface area (Å²) in [5, 5.41) is 6.20. The highest BCUT2D eigenvalue weighted by atomic mass is 32.1. The van der Waals surface area contributed by atoms with Crippen LogP contribution in [-0.4, -0.2) is 17.9 Å². The fraction of sp³-hybridized carbons (Fsp3) is 0.111. The summed E-state index contributed by atoms with van der Waals surface area (Å²) in [7, 11) is 0. The maximum absolute atomic E-state index is 5.06. The monoisotopic (exact) mass is 210 g/mol. The topological polar surface area (TPSA) is 51.2 Å². The first-order chi connectivity index (χ1) is 6.83. The highest BCUT2D eigenvalue weighted by Crippen LogP contribution is 1.91. The van der Waals surface area contributed by atoms with Crippen LogP contribution in [0.2, 0.25) is 0 Å². The van der Waals surface area contributed by atoms with E-state index < -0.39 is 0 Å². The summed E-state index contributed by atoms with van der Waals surface area (Å²) in [4.78, 5) is 0. The van der Waals surface area contributed by atoms with Gasteiger partial charge < -0.3 is 9.73 Å². The Hall–Kier alpha value is -1.62. The fourth-order valence-electron chi connectivity index (χ4n) is 0.755. The molecule has 0 fully saturated rings. The van der Waals surface area contributed by atoms with Crippen LogP contribution in [0.1, 0.15) is 5.76 Å². The van der Waals surface area contributed by atoms with Gasteiger partial charge in [0.25, 0.3) is 0 Å². The molecule has 74 valence electrons. The van der Waals surface area contributed by atoms with Gasteiger partial charge in [0.15, 0.2) is 5.76 Å². The molecule has 0 aliphatic carbocycles. The van der Waals surface area contributed by atoms with E-state index in [4.69, 9.17) is 16.6 Å². The fourth-order valence-corrected chi connectivity index (χ4v) is 0.897. The van der Waals surface area contributed by atoms with Crippen molar-refractivity contribution in [3.63, 3.8) is 0 Å². The quantitative estimate of drug-likeness (QED) is 0.267. The second-order valence-corrected chi connectivity index (χ2v) is 2.84. The van der Waals surface area contributed by atoms with Crippen LogP contribution in [0, 0.1) is 0 Å². The Balaban J connectivity index is 2.26. The normalized spacial score (nSPS) is 10.0. The molecule has 0 aliphatic rings. The zero-order chi connectivity index (χ0) is 10.2. The average Bonchev–Trinajstić information content (AvgIpc) is 2.67. The van der Waals surface area contributed by atoms with Gasteiger partial charge in [-0.15, -0.1) is 17.1 Å². The van der Waals surface area contributed by atoms with Crippen LogP contribution in [0.5, 0.6) is 0 Å². The maximum Gasteiger partial charge on any atom is 0.233 e. The van der Waals surface area contributed by atoms with Gasteiger partial charge in [-0.3, -0.25) is 0 Å². The number of nitrogens with one attached hydrogen (secondary N) is 3. The van der Waals surface area contributed by atoms with Gasteiger partial charge in [0.2, 0.25) is 11.3 Å². The molecule has 0 amide bonds. The molecule has 0 aliphatic heterocycles. The molecule has 0 unspecified atom stereocenters. The molecule has 1 aromatic rings. The minimum Gasteiger partial charge on any atom is -0.459 e. The number of hydrogen-bond donors (Lipinski definition) is 3. The standard InChI is InChI=1S/C9H11N3OS/c1-2-5-10-9(14)12-11-7-8-4-3-6-13-8/h2-4,6-7H,1,5H2,(H2,10,12,14)/p+1. The Labute approximate surface area is 87.7 Å². The Kier molecular flexibility index (Phi) is 4.43. The first-order valence-corrected chi connectivity index (χ1v) is 4.50. The van der Waals surface area contributed by atoms with Crippen LogP contribution in [0.4, 0.5) is 0 Å². The summed E-state index contributed by atoms with van der Waals surface area (Å²) in [6.45, 7) is 4.19. The maximum atomic E-state index is 5.06. The highest BCUT2D eigenvalue weighted by molar-refractivity contribution is 7.80. The molecule has 0 bridgehead atoms. The van der Waals surface area contributed by atoms with Crippen molar-refractivity contribution in [2.24, 2.45) is 0 Å². The van der Waals surface area contributed by atoms with E-state index in [0.717, 1.165) is 5.76 Å². The van der Waals surface area contributed by atoms with Gasteiger partial charge in [0, 0.05) is 6.54 Å². The number of thiocarbonyl (C=S) groups is 1. The third kappa shape index (κ3) is 3.86. The zero-order valence-electron chi connectivity index (χ0n) is 7.62. The lowest BCUT2D eigenvalue weighted by Gasteiger charge is -1.98. The molecule has 0 atom stereocenters. The van der Waals surface area contributed by atoms with E-state index in [9.17, 15) is 0 Å². The molecule has 1 heterocycles. The second kappa shape index (κ2) is 5.93. The third-order valence-corrected chi connectivity index (χ3v) is 1.60. The average molecular weight is 210 g/mol. The lowest BCUT2D eigenvalue weighted by molar-refractivity contribution is -0.500. The van der Waals surface area contributed by atoms with Crippen LogP contribution in [-0.2, 0) is 0 Å². The van der Waals surface area contributed by atoms with Crippen molar-refractivity contribution in [3.8, 4) is 0 Å². The largest absolute Gasteiger partial charge is 0.459 e. The molecule has 4 nitrogen and oxygen atoms in total. The molecule has 0 saturated heterocycles. The van der Waals surface area contributed by atoms with Gasteiger partial charge in [-0.25, -0.2) is 0 Å². The molecule has 1 rings (SSSR count). The van der Waals surface area contributed by atoms with Crippen molar-refractivity contribution in [2.75, 3.05) is 6.54 Å². The van der Waals surface area contributed by atoms with E-state index in [2.05, 4.69) is 22.4 Å². The Morgan fingerprint density at radius 1 is 1.71 bits per heavy atom. The molecule has 5 heteroatoms. The lowest BCUT2D eigenvalue weighted by Crippen LogP contribution is -2.82. The van der Waals surface area contributed by atoms with E-state index >= 15 is 0 Å². The van der Waals surface area contributed by atoms with Crippen molar-refractivity contribution >= 4 is 23.5 Å². The minimum atomic E-state index is 0.507. The summed E-state index contributed by atoms with van der Waals surface area (Å²) in [5.41, 5.74) is 2.76. The molecule has 0 aromatic carbocycles. The SMILES string of the molecule is C=CCNC(=S)N[NH+]=Cc1ccco1. The van der Waals surface area contributed by atoms with E-state index in [-0.39, 0.29) is 0 Å². The number of furan rings is 1. The van der Waals surface area contributed by atoms with Crippen LogP contribution >= 0.6 is 12.2 Å². The summed E-state index contributed by atoms with van der Waals surface area (Å²) in [5.74, 6) is 0.726. The molecular formula is C9H12N3OS+. The van der Waals surface area contributed by atoms with Crippen molar-refractivity contribution < 1.29 is 9.52 Å². The van der Waals surface area contributed by atoms with Crippen molar-refractivity contribution in [3.05, 3.63) is 36.8 Å². The number of hydrazine groups is 1. The zero-order valence-corrected chi connectivity index (χ0v) is 8.43.